The van der Waals surface area contributed by atoms with E-state index in [0.717, 1.165) is 36.2 Å². The summed E-state index contributed by atoms with van der Waals surface area (Å²) >= 11 is 0. The highest BCUT2D eigenvalue weighted by Crippen LogP contribution is 2.25. The van der Waals surface area contributed by atoms with Crippen molar-refractivity contribution < 1.29 is 4.79 Å². The lowest BCUT2D eigenvalue weighted by Crippen LogP contribution is -2.15. The molecule has 1 N–H and O–H groups in total. The maximum absolute atomic E-state index is 12.0. The molecule has 1 aromatic carbocycles. The lowest BCUT2D eigenvalue weighted by molar-refractivity contribution is 0.104. The van der Waals surface area contributed by atoms with Crippen molar-refractivity contribution in [2.45, 2.75) is 26.7 Å². The Morgan fingerprint density at radius 1 is 1.38 bits per heavy atom. The molecule has 0 amide bonds. The third-order valence-corrected chi connectivity index (χ3v) is 2.78. The van der Waals surface area contributed by atoms with Gasteiger partial charge in [-0.15, -0.1) is 0 Å². The zero-order valence-corrected chi connectivity index (χ0v) is 9.84. The van der Waals surface area contributed by atoms with E-state index in [0.29, 0.717) is 0 Å². The van der Waals surface area contributed by atoms with Crippen LogP contribution in [0.2, 0.25) is 0 Å². The van der Waals surface area contributed by atoms with Crippen LogP contribution < -0.4 is 5.32 Å². The van der Waals surface area contributed by atoms with Gasteiger partial charge >= 0.3 is 0 Å². The molecule has 0 aliphatic carbocycles. The lowest BCUT2D eigenvalue weighted by Gasteiger charge is -2.19. The highest BCUT2D eigenvalue weighted by molar-refractivity contribution is 6.06. The summed E-state index contributed by atoms with van der Waals surface area (Å²) in [4.78, 5) is 12.0. The van der Waals surface area contributed by atoms with Crippen LogP contribution in [0.3, 0.4) is 0 Å². The molecule has 0 bridgehead atoms. The summed E-state index contributed by atoms with van der Waals surface area (Å²) in [5.74, 6) is 0.126. The summed E-state index contributed by atoms with van der Waals surface area (Å²) in [6.45, 7) is 4.91. The number of allylic oxidation sites excluding steroid dienone is 2. The number of benzene rings is 1. The molecule has 2 rings (SSSR count). The minimum atomic E-state index is 0.126. The molecule has 1 heterocycles. The van der Waals surface area contributed by atoms with Gasteiger partial charge in [-0.2, -0.15) is 0 Å². The zero-order chi connectivity index (χ0) is 11.5. The lowest BCUT2D eigenvalue weighted by atomic mass is 9.94. The first kappa shape index (κ1) is 10.9. The monoisotopic (exact) mass is 215 g/mol. The maximum Gasteiger partial charge on any atom is 0.186 e. The van der Waals surface area contributed by atoms with E-state index in [2.05, 4.69) is 5.32 Å². The van der Waals surface area contributed by atoms with Gasteiger partial charge in [-0.3, -0.25) is 4.79 Å². The van der Waals surface area contributed by atoms with Crippen LogP contribution in [-0.2, 0) is 6.42 Å². The molecule has 0 saturated carbocycles. The van der Waals surface area contributed by atoms with E-state index in [1.165, 1.54) is 5.56 Å². The van der Waals surface area contributed by atoms with Crippen LogP contribution in [0.1, 0.15) is 36.2 Å². The summed E-state index contributed by atoms with van der Waals surface area (Å²) < 4.78 is 0. The molecule has 84 valence electrons. The molecule has 1 aliphatic heterocycles. The minimum Gasteiger partial charge on any atom is -0.385 e. The Bertz CT molecular complexity index is 442. The number of anilines is 1. The Morgan fingerprint density at radius 3 is 2.94 bits per heavy atom. The van der Waals surface area contributed by atoms with E-state index in [9.17, 15) is 4.79 Å². The molecule has 0 unspecified atom stereocenters. The standard InChI is InChI=1S/C14H17NO/c1-10(2)9-14(16)12-5-3-7-13-11(12)6-4-8-15-13/h3,5,7,9,15H,4,6,8H2,1-2H3. The van der Waals surface area contributed by atoms with Crippen LogP contribution in [0, 0.1) is 0 Å². The summed E-state index contributed by atoms with van der Waals surface area (Å²) in [6, 6.07) is 5.92. The third kappa shape index (κ3) is 2.16. The largest absolute Gasteiger partial charge is 0.385 e. The van der Waals surface area contributed by atoms with Crippen LogP contribution in [0.25, 0.3) is 0 Å². The molecule has 0 atom stereocenters. The highest BCUT2D eigenvalue weighted by Gasteiger charge is 2.15. The minimum absolute atomic E-state index is 0.126. The molecule has 1 aromatic rings. The van der Waals surface area contributed by atoms with Gasteiger partial charge in [0.05, 0.1) is 0 Å². The fraction of sp³-hybridized carbons (Fsp3) is 0.357. The van der Waals surface area contributed by atoms with Crippen molar-refractivity contribution >= 4 is 11.5 Å². The molecule has 0 radical (unpaired) electrons. The third-order valence-electron chi connectivity index (χ3n) is 2.78. The molecule has 0 saturated heterocycles. The van der Waals surface area contributed by atoms with Crippen molar-refractivity contribution in [3.63, 3.8) is 0 Å². The van der Waals surface area contributed by atoms with Gasteiger partial charge in [0, 0.05) is 17.8 Å². The van der Waals surface area contributed by atoms with Gasteiger partial charge in [0.25, 0.3) is 0 Å². The molecule has 0 spiro atoms. The van der Waals surface area contributed by atoms with E-state index in [1.54, 1.807) is 6.08 Å². The topological polar surface area (TPSA) is 29.1 Å². The number of carbonyl (C=O) groups excluding carboxylic acids is 1. The van der Waals surface area contributed by atoms with Crippen molar-refractivity contribution in [1.29, 1.82) is 0 Å². The molecular weight excluding hydrogens is 198 g/mol. The quantitative estimate of drug-likeness (QED) is 0.606. The SMILES string of the molecule is CC(C)=CC(=O)c1cccc2c1CCCN2. The Labute approximate surface area is 96.4 Å². The Kier molecular flexibility index (Phi) is 3.09. The number of ketones is 1. The first-order valence-electron chi connectivity index (χ1n) is 5.73. The van der Waals surface area contributed by atoms with Crippen molar-refractivity contribution in [3.8, 4) is 0 Å². The second-order valence-electron chi connectivity index (χ2n) is 4.45. The smallest absolute Gasteiger partial charge is 0.186 e. The van der Waals surface area contributed by atoms with E-state index in [-0.39, 0.29) is 5.78 Å². The van der Waals surface area contributed by atoms with Gasteiger partial charge < -0.3 is 5.32 Å². The fourth-order valence-electron chi connectivity index (χ4n) is 2.08. The number of fused-ring (bicyclic) bond motifs is 1. The van der Waals surface area contributed by atoms with Gasteiger partial charge in [-0.1, -0.05) is 17.7 Å². The number of rotatable bonds is 2. The number of nitrogens with one attached hydrogen (secondary N) is 1. The summed E-state index contributed by atoms with van der Waals surface area (Å²) in [5.41, 5.74) is 4.20. The van der Waals surface area contributed by atoms with E-state index < -0.39 is 0 Å². The fourth-order valence-corrected chi connectivity index (χ4v) is 2.08. The van der Waals surface area contributed by atoms with Crippen LogP contribution in [0.15, 0.2) is 29.8 Å². The zero-order valence-electron chi connectivity index (χ0n) is 9.84. The molecular formula is C14H17NO. The second-order valence-corrected chi connectivity index (χ2v) is 4.45. The molecule has 2 nitrogen and oxygen atoms in total. The summed E-state index contributed by atoms with van der Waals surface area (Å²) in [7, 11) is 0. The van der Waals surface area contributed by atoms with Gasteiger partial charge in [-0.05, 0) is 44.4 Å². The van der Waals surface area contributed by atoms with Gasteiger partial charge in [0.2, 0.25) is 0 Å². The second kappa shape index (κ2) is 4.52. The number of carbonyl (C=O) groups is 1. The predicted octanol–water partition coefficient (Wildman–Crippen LogP) is 3.19. The molecule has 2 heteroatoms. The Balaban J connectivity index is 2.41. The van der Waals surface area contributed by atoms with Crippen molar-refractivity contribution in [1.82, 2.24) is 0 Å². The average Bonchev–Trinajstić information content (AvgIpc) is 2.27. The molecule has 1 aliphatic rings. The van der Waals surface area contributed by atoms with E-state index in [1.807, 2.05) is 32.0 Å². The van der Waals surface area contributed by atoms with E-state index in [4.69, 9.17) is 0 Å². The number of hydrogen-bond acceptors (Lipinski definition) is 2. The van der Waals surface area contributed by atoms with Crippen LogP contribution in [-0.4, -0.2) is 12.3 Å². The normalized spacial score (nSPS) is 13.6. The van der Waals surface area contributed by atoms with Crippen molar-refractivity contribution in [2.75, 3.05) is 11.9 Å². The number of hydrogen-bond donors (Lipinski definition) is 1. The van der Waals surface area contributed by atoms with Crippen LogP contribution in [0.5, 0.6) is 0 Å². The van der Waals surface area contributed by atoms with Gasteiger partial charge in [-0.25, -0.2) is 0 Å². The maximum atomic E-state index is 12.0. The van der Waals surface area contributed by atoms with Crippen molar-refractivity contribution in [2.24, 2.45) is 0 Å². The highest BCUT2D eigenvalue weighted by atomic mass is 16.1. The summed E-state index contributed by atoms with van der Waals surface area (Å²) in [6.07, 6.45) is 3.82. The molecule has 0 fully saturated rings. The van der Waals surface area contributed by atoms with Crippen LogP contribution >= 0.6 is 0 Å². The predicted molar refractivity (Wildman–Crippen MR) is 67.0 cm³/mol. The molecule has 16 heavy (non-hydrogen) atoms. The molecule has 0 aromatic heterocycles. The summed E-state index contributed by atoms with van der Waals surface area (Å²) in [5, 5.41) is 3.34. The van der Waals surface area contributed by atoms with Gasteiger partial charge in [0.1, 0.15) is 0 Å². The van der Waals surface area contributed by atoms with Crippen LogP contribution in [0.4, 0.5) is 5.69 Å². The van der Waals surface area contributed by atoms with Crippen molar-refractivity contribution in [3.05, 3.63) is 41.0 Å². The average molecular weight is 215 g/mol. The van der Waals surface area contributed by atoms with E-state index >= 15 is 0 Å². The first-order chi connectivity index (χ1) is 7.68. The Hall–Kier alpha value is -1.57. The van der Waals surface area contributed by atoms with Gasteiger partial charge in [0.15, 0.2) is 5.78 Å². The first-order valence-corrected chi connectivity index (χ1v) is 5.73. The Morgan fingerprint density at radius 2 is 2.19 bits per heavy atom.